The van der Waals surface area contributed by atoms with E-state index in [4.69, 9.17) is 4.74 Å². The number of nitrogens with one attached hydrogen (secondary N) is 1. The minimum Gasteiger partial charge on any atom is -0.444 e. The highest BCUT2D eigenvalue weighted by atomic mass is 16.6. The molecule has 0 unspecified atom stereocenters. The van der Waals surface area contributed by atoms with Crippen LogP contribution in [0.25, 0.3) is 11.4 Å². The molecule has 1 aliphatic heterocycles. The van der Waals surface area contributed by atoms with Crippen LogP contribution in [0.3, 0.4) is 0 Å². The fourth-order valence-corrected chi connectivity index (χ4v) is 4.37. The van der Waals surface area contributed by atoms with Gasteiger partial charge < -0.3 is 19.9 Å². The maximum absolute atomic E-state index is 13.5. The van der Waals surface area contributed by atoms with Gasteiger partial charge in [-0.3, -0.25) is 9.59 Å². The summed E-state index contributed by atoms with van der Waals surface area (Å²) in [6.45, 7) is 8.69. The van der Waals surface area contributed by atoms with E-state index in [-0.39, 0.29) is 30.0 Å². The van der Waals surface area contributed by atoms with Crippen LogP contribution in [0.2, 0.25) is 0 Å². The Hall–Kier alpha value is -3.49. The first-order valence-corrected chi connectivity index (χ1v) is 12.6. The van der Waals surface area contributed by atoms with Crippen molar-refractivity contribution in [3.8, 4) is 11.4 Å². The minimum atomic E-state index is -0.523. The van der Waals surface area contributed by atoms with Gasteiger partial charge in [-0.05, 0) is 52.0 Å². The Morgan fingerprint density at radius 1 is 1.00 bits per heavy atom. The molecule has 2 heterocycles. The summed E-state index contributed by atoms with van der Waals surface area (Å²) in [6, 6.07) is 7.98. The standard InChI is InChI=1S/C27H35N5O4/c1-18(33)28-15-19-5-7-20(8-6-19)24-29-16-21(17-30-24)25(34)32(22-9-10-22)23-11-13-31(14-12-23)26(35)36-27(2,3)4/h5-8,16-17,22-23H,9-15H2,1-4H3,(H,28,33). The second-order valence-electron chi connectivity index (χ2n) is 10.5. The number of likely N-dealkylation sites (tertiary alicyclic amines) is 1. The van der Waals surface area contributed by atoms with Gasteiger partial charge in [0.2, 0.25) is 5.91 Å². The van der Waals surface area contributed by atoms with Crippen LogP contribution in [-0.2, 0) is 16.1 Å². The lowest BCUT2D eigenvalue weighted by molar-refractivity contribution is -0.119. The summed E-state index contributed by atoms with van der Waals surface area (Å²) in [5.74, 6) is 0.420. The monoisotopic (exact) mass is 493 g/mol. The van der Waals surface area contributed by atoms with Crippen LogP contribution in [-0.4, -0.2) is 68.4 Å². The van der Waals surface area contributed by atoms with Crippen LogP contribution in [0.4, 0.5) is 4.79 Å². The molecule has 0 spiro atoms. The molecular formula is C27H35N5O4. The van der Waals surface area contributed by atoms with E-state index in [0.29, 0.717) is 31.0 Å². The number of carbonyl (C=O) groups excluding carboxylic acids is 3. The molecule has 36 heavy (non-hydrogen) atoms. The first-order chi connectivity index (χ1) is 17.1. The smallest absolute Gasteiger partial charge is 0.410 e. The van der Waals surface area contributed by atoms with E-state index in [1.54, 1.807) is 17.3 Å². The lowest BCUT2D eigenvalue weighted by Crippen LogP contribution is -2.50. The van der Waals surface area contributed by atoms with Crippen LogP contribution < -0.4 is 5.32 Å². The highest BCUT2D eigenvalue weighted by Gasteiger charge is 2.40. The summed E-state index contributed by atoms with van der Waals surface area (Å²) in [6.07, 6.45) is 6.36. The maximum Gasteiger partial charge on any atom is 0.410 e. The van der Waals surface area contributed by atoms with E-state index in [0.717, 1.165) is 36.8 Å². The third-order valence-corrected chi connectivity index (χ3v) is 6.34. The zero-order valence-electron chi connectivity index (χ0n) is 21.5. The molecule has 4 rings (SSSR count). The predicted octanol–water partition coefficient (Wildman–Crippen LogP) is 3.78. The number of hydrogen-bond acceptors (Lipinski definition) is 6. The van der Waals surface area contributed by atoms with Crippen molar-refractivity contribution in [2.24, 2.45) is 0 Å². The van der Waals surface area contributed by atoms with Crippen LogP contribution in [0.5, 0.6) is 0 Å². The quantitative estimate of drug-likeness (QED) is 0.657. The van der Waals surface area contributed by atoms with Crippen LogP contribution in [0, 0.1) is 0 Å². The molecule has 1 N–H and O–H groups in total. The molecule has 0 bridgehead atoms. The van der Waals surface area contributed by atoms with Gasteiger partial charge in [0, 0.05) is 56.6 Å². The van der Waals surface area contributed by atoms with E-state index < -0.39 is 5.60 Å². The summed E-state index contributed by atoms with van der Waals surface area (Å²) in [5.41, 5.74) is 1.78. The molecule has 2 aliphatic rings. The van der Waals surface area contributed by atoms with Crippen LogP contribution >= 0.6 is 0 Å². The van der Waals surface area contributed by atoms with Gasteiger partial charge in [0.05, 0.1) is 5.56 Å². The van der Waals surface area contributed by atoms with Crippen molar-refractivity contribution in [1.82, 2.24) is 25.1 Å². The predicted molar refractivity (Wildman–Crippen MR) is 135 cm³/mol. The molecule has 0 atom stereocenters. The summed E-state index contributed by atoms with van der Waals surface area (Å²) < 4.78 is 5.50. The third-order valence-electron chi connectivity index (χ3n) is 6.34. The average molecular weight is 494 g/mol. The number of aromatic nitrogens is 2. The first-order valence-electron chi connectivity index (χ1n) is 12.6. The molecular weight excluding hydrogens is 458 g/mol. The average Bonchev–Trinajstić information content (AvgIpc) is 3.68. The first kappa shape index (κ1) is 25.6. The van der Waals surface area contributed by atoms with Gasteiger partial charge >= 0.3 is 6.09 Å². The summed E-state index contributed by atoms with van der Waals surface area (Å²) >= 11 is 0. The van der Waals surface area contributed by atoms with Gasteiger partial charge in [0.15, 0.2) is 5.82 Å². The van der Waals surface area contributed by atoms with E-state index >= 15 is 0 Å². The Morgan fingerprint density at radius 2 is 1.58 bits per heavy atom. The second-order valence-corrected chi connectivity index (χ2v) is 10.5. The van der Waals surface area contributed by atoms with Crippen molar-refractivity contribution < 1.29 is 19.1 Å². The van der Waals surface area contributed by atoms with Crippen molar-refractivity contribution in [2.75, 3.05) is 13.1 Å². The van der Waals surface area contributed by atoms with Gasteiger partial charge in [-0.1, -0.05) is 24.3 Å². The van der Waals surface area contributed by atoms with Crippen molar-refractivity contribution in [2.45, 2.75) is 77.6 Å². The molecule has 1 aliphatic carbocycles. The zero-order valence-corrected chi connectivity index (χ0v) is 21.5. The molecule has 9 nitrogen and oxygen atoms in total. The van der Waals surface area contributed by atoms with Gasteiger partial charge in [-0.25, -0.2) is 14.8 Å². The Morgan fingerprint density at radius 3 is 2.11 bits per heavy atom. The third kappa shape index (κ3) is 6.59. The number of amides is 3. The molecule has 1 saturated heterocycles. The SMILES string of the molecule is CC(=O)NCc1ccc(-c2ncc(C(=O)N(C3CC3)C3CCN(C(=O)OC(C)(C)C)CC3)cn2)cc1. The molecule has 2 aromatic rings. The Balaban J connectivity index is 1.38. The number of rotatable bonds is 6. The molecule has 1 aromatic carbocycles. The van der Waals surface area contributed by atoms with Crippen LogP contribution in [0.15, 0.2) is 36.7 Å². The van der Waals surface area contributed by atoms with Crippen molar-refractivity contribution in [1.29, 1.82) is 0 Å². The summed E-state index contributed by atoms with van der Waals surface area (Å²) in [5, 5.41) is 2.77. The van der Waals surface area contributed by atoms with Crippen molar-refractivity contribution in [3.05, 3.63) is 47.8 Å². The Kier molecular flexibility index (Phi) is 7.56. The van der Waals surface area contributed by atoms with Gasteiger partial charge in [-0.15, -0.1) is 0 Å². The lowest BCUT2D eigenvalue weighted by Gasteiger charge is -2.39. The lowest BCUT2D eigenvalue weighted by atomic mass is 10.0. The largest absolute Gasteiger partial charge is 0.444 e. The van der Waals surface area contributed by atoms with E-state index in [1.165, 1.54) is 6.92 Å². The van der Waals surface area contributed by atoms with E-state index in [9.17, 15) is 14.4 Å². The van der Waals surface area contributed by atoms with Crippen molar-refractivity contribution >= 4 is 17.9 Å². The maximum atomic E-state index is 13.5. The highest BCUT2D eigenvalue weighted by Crippen LogP contribution is 2.33. The second kappa shape index (κ2) is 10.6. The van der Waals surface area contributed by atoms with Crippen LogP contribution in [0.1, 0.15) is 69.3 Å². The molecule has 1 aromatic heterocycles. The van der Waals surface area contributed by atoms with E-state index in [1.807, 2.05) is 49.9 Å². The minimum absolute atomic E-state index is 0.0505. The topological polar surface area (TPSA) is 105 Å². The number of benzene rings is 1. The van der Waals surface area contributed by atoms with E-state index in [2.05, 4.69) is 15.3 Å². The summed E-state index contributed by atoms with van der Waals surface area (Å²) in [7, 11) is 0. The number of nitrogens with zero attached hydrogens (tertiary/aromatic N) is 4. The molecule has 1 saturated carbocycles. The van der Waals surface area contributed by atoms with Gasteiger partial charge in [0.25, 0.3) is 5.91 Å². The molecule has 9 heteroatoms. The molecule has 192 valence electrons. The fourth-order valence-electron chi connectivity index (χ4n) is 4.37. The summed E-state index contributed by atoms with van der Waals surface area (Å²) in [4.78, 5) is 49.6. The fraction of sp³-hybridized carbons (Fsp3) is 0.519. The Bertz CT molecular complexity index is 1080. The molecule has 2 fully saturated rings. The number of ether oxygens (including phenoxy) is 1. The van der Waals surface area contributed by atoms with Crippen molar-refractivity contribution in [3.63, 3.8) is 0 Å². The van der Waals surface area contributed by atoms with Gasteiger partial charge in [-0.2, -0.15) is 0 Å². The highest BCUT2D eigenvalue weighted by molar-refractivity contribution is 5.94. The zero-order chi connectivity index (χ0) is 25.9. The van der Waals surface area contributed by atoms with Gasteiger partial charge in [0.1, 0.15) is 5.60 Å². The number of piperidine rings is 1. The molecule has 3 amide bonds. The molecule has 0 radical (unpaired) electrons. The normalized spacial score (nSPS) is 16.4. The number of hydrogen-bond donors (Lipinski definition) is 1. The Labute approximate surface area is 212 Å². The number of carbonyl (C=O) groups is 3.